The van der Waals surface area contributed by atoms with Gasteiger partial charge in [0.15, 0.2) is 17.2 Å². The quantitative estimate of drug-likeness (QED) is 0.680. The summed E-state index contributed by atoms with van der Waals surface area (Å²) in [6, 6.07) is 0. The van der Waals surface area contributed by atoms with Crippen LogP contribution in [0.15, 0.2) is 10.9 Å². The van der Waals surface area contributed by atoms with E-state index in [4.69, 9.17) is 9.63 Å². The summed E-state index contributed by atoms with van der Waals surface area (Å²) >= 11 is 0. The molecule has 0 bridgehead atoms. The number of hydrogen-bond donors (Lipinski definition) is 3. The monoisotopic (exact) mass is 251 g/mol. The molecule has 0 saturated carbocycles. The van der Waals surface area contributed by atoms with Gasteiger partial charge in [0.1, 0.15) is 0 Å². The van der Waals surface area contributed by atoms with E-state index in [1.807, 2.05) is 0 Å². The zero-order valence-electron chi connectivity index (χ0n) is 9.30. The zero-order valence-corrected chi connectivity index (χ0v) is 9.30. The molecule has 0 aromatic carbocycles. The molecular weight excluding hydrogens is 242 g/mol. The Kier molecular flexibility index (Phi) is 3.04. The van der Waals surface area contributed by atoms with E-state index in [0.717, 1.165) is 6.33 Å². The molecule has 2 aromatic heterocycles. The molecule has 2 heterocycles. The number of carbonyl (C=O) groups excluding carboxylic acids is 1. The maximum Gasteiger partial charge on any atom is 0.354 e. The van der Waals surface area contributed by atoms with Gasteiger partial charge in [-0.1, -0.05) is 5.16 Å². The standard InChI is InChI=1S/C9H9N5O4/c1-4-13-5(18-14-4)2-10-8(15)6-7(9(16)17)12-3-11-6/h3H,2H2,1H3,(H,10,15)(H,11,12)(H,16,17). The van der Waals surface area contributed by atoms with E-state index in [-0.39, 0.29) is 23.8 Å². The number of aryl methyl sites for hydroxylation is 1. The van der Waals surface area contributed by atoms with E-state index in [0.29, 0.717) is 5.82 Å². The minimum atomic E-state index is -1.26. The highest BCUT2D eigenvalue weighted by Gasteiger charge is 2.19. The van der Waals surface area contributed by atoms with Gasteiger partial charge in [-0.2, -0.15) is 4.98 Å². The third-order valence-corrected chi connectivity index (χ3v) is 2.04. The highest BCUT2D eigenvalue weighted by atomic mass is 16.5. The van der Waals surface area contributed by atoms with Crippen molar-refractivity contribution < 1.29 is 19.2 Å². The Labute approximate surface area is 100 Å². The maximum atomic E-state index is 11.7. The number of nitrogens with zero attached hydrogens (tertiary/aromatic N) is 3. The van der Waals surface area contributed by atoms with Crippen molar-refractivity contribution in [1.29, 1.82) is 0 Å². The summed E-state index contributed by atoms with van der Waals surface area (Å²) in [5.41, 5.74) is -0.465. The molecule has 0 spiro atoms. The number of aromatic amines is 1. The van der Waals surface area contributed by atoms with Gasteiger partial charge >= 0.3 is 5.97 Å². The molecular formula is C9H9N5O4. The summed E-state index contributed by atoms with van der Waals surface area (Å²) in [5, 5.41) is 14.8. The van der Waals surface area contributed by atoms with Crippen molar-refractivity contribution in [3.63, 3.8) is 0 Å². The van der Waals surface area contributed by atoms with Crippen molar-refractivity contribution in [3.8, 4) is 0 Å². The number of H-pyrrole nitrogens is 1. The molecule has 0 unspecified atom stereocenters. The lowest BCUT2D eigenvalue weighted by atomic mass is 10.3. The first-order valence-electron chi connectivity index (χ1n) is 4.92. The smallest absolute Gasteiger partial charge is 0.354 e. The first kappa shape index (κ1) is 11.8. The molecule has 0 saturated heterocycles. The highest BCUT2D eigenvalue weighted by molar-refractivity contribution is 6.02. The minimum Gasteiger partial charge on any atom is -0.477 e. The van der Waals surface area contributed by atoms with Crippen LogP contribution >= 0.6 is 0 Å². The fourth-order valence-corrected chi connectivity index (χ4v) is 1.28. The highest BCUT2D eigenvalue weighted by Crippen LogP contribution is 2.03. The second kappa shape index (κ2) is 4.65. The second-order valence-corrected chi connectivity index (χ2v) is 3.35. The Morgan fingerprint density at radius 2 is 2.33 bits per heavy atom. The van der Waals surface area contributed by atoms with Crippen molar-refractivity contribution in [3.05, 3.63) is 29.4 Å². The molecule has 0 aliphatic heterocycles. The van der Waals surface area contributed by atoms with Gasteiger partial charge in [-0.25, -0.2) is 9.78 Å². The number of rotatable bonds is 4. The lowest BCUT2D eigenvalue weighted by molar-refractivity contribution is 0.0685. The molecule has 9 heteroatoms. The number of imidazole rings is 1. The number of nitrogens with one attached hydrogen (secondary N) is 2. The zero-order chi connectivity index (χ0) is 13.1. The van der Waals surface area contributed by atoms with Gasteiger partial charge < -0.3 is 19.9 Å². The predicted molar refractivity (Wildman–Crippen MR) is 55.8 cm³/mol. The molecule has 3 N–H and O–H groups in total. The molecule has 2 aromatic rings. The van der Waals surface area contributed by atoms with E-state index < -0.39 is 11.9 Å². The Morgan fingerprint density at radius 3 is 2.94 bits per heavy atom. The Balaban J connectivity index is 2.04. The van der Waals surface area contributed by atoms with Gasteiger partial charge in [-0.05, 0) is 6.92 Å². The first-order chi connectivity index (χ1) is 8.58. The van der Waals surface area contributed by atoms with Gasteiger partial charge in [-0.15, -0.1) is 0 Å². The van der Waals surface area contributed by atoms with Crippen LogP contribution in [0.5, 0.6) is 0 Å². The number of aromatic carboxylic acids is 1. The first-order valence-corrected chi connectivity index (χ1v) is 4.92. The van der Waals surface area contributed by atoms with E-state index in [9.17, 15) is 9.59 Å². The number of carbonyl (C=O) groups is 2. The van der Waals surface area contributed by atoms with Crippen LogP contribution in [0.4, 0.5) is 0 Å². The van der Waals surface area contributed by atoms with Crippen LogP contribution in [0.3, 0.4) is 0 Å². The van der Waals surface area contributed by atoms with Crippen molar-refractivity contribution in [2.75, 3.05) is 0 Å². The minimum absolute atomic E-state index is 0.00555. The van der Waals surface area contributed by atoms with E-state index in [1.54, 1.807) is 6.92 Å². The number of carboxylic acid groups (broad SMARTS) is 1. The molecule has 0 radical (unpaired) electrons. The number of hydrogen-bond acceptors (Lipinski definition) is 6. The summed E-state index contributed by atoms with van der Waals surface area (Å²) in [6.07, 6.45) is 1.13. The average molecular weight is 251 g/mol. The summed E-state index contributed by atoms with van der Waals surface area (Å²) in [7, 11) is 0. The lowest BCUT2D eigenvalue weighted by Crippen LogP contribution is -2.25. The summed E-state index contributed by atoms with van der Waals surface area (Å²) in [6.45, 7) is 1.65. The number of amides is 1. The fourth-order valence-electron chi connectivity index (χ4n) is 1.28. The number of aromatic nitrogens is 4. The van der Waals surface area contributed by atoms with Gasteiger partial charge in [0.25, 0.3) is 5.91 Å². The van der Waals surface area contributed by atoms with E-state index in [2.05, 4.69) is 25.4 Å². The van der Waals surface area contributed by atoms with Crippen molar-refractivity contribution in [2.45, 2.75) is 13.5 Å². The SMILES string of the molecule is Cc1noc(CNC(=O)c2nc[nH]c2C(=O)O)n1. The molecule has 9 nitrogen and oxygen atoms in total. The van der Waals surface area contributed by atoms with E-state index in [1.165, 1.54) is 0 Å². The number of carboxylic acids is 1. The third-order valence-electron chi connectivity index (χ3n) is 2.04. The summed E-state index contributed by atoms with van der Waals surface area (Å²) in [5.74, 6) is -1.21. The molecule has 0 aliphatic rings. The van der Waals surface area contributed by atoms with Crippen LogP contribution in [-0.2, 0) is 6.54 Å². The van der Waals surface area contributed by atoms with Gasteiger partial charge in [0, 0.05) is 0 Å². The fraction of sp³-hybridized carbons (Fsp3) is 0.222. The molecule has 0 atom stereocenters. The molecule has 18 heavy (non-hydrogen) atoms. The maximum absolute atomic E-state index is 11.7. The van der Waals surface area contributed by atoms with Crippen LogP contribution < -0.4 is 5.32 Å². The van der Waals surface area contributed by atoms with E-state index >= 15 is 0 Å². The van der Waals surface area contributed by atoms with Gasteiger partial charge in [-0.3, -0.25) is 4.79 Å². The largest absolute Gasteiger partial charge is 0.477 e. The van der Waals surface area contributed by atoms with Crippen LogP contribution in [0.1, 0.15) is 32.7 Å². The van der Waals surface area contributed by atoms with Crippen LogP contribution in [0.25, 0.3) is 0 Å². The average Bonchev–Trinajstić information content (AvgIpc) is 2.94. The van der Waals surface area contributed by atoms with Crippen molar-refractivity contribution in [1.82, 2.24) is 25.4 Å². The molecule has 2 rings (SSSR count). The van der Waals surface area contributed by atoms with Gasteiger partial charge in [0.2, 0.25) is 5.89 Å². The second-order valence-electron chi connectivity index (χ2n) is 3.35. The van der Waals surface area contributed by atoms with Crippen LogP contribution in [0.2, 0.25) is 0 Å². The Bertz CT molecular complexity index is 587. The van der Waals surface area contributed by atoms with Gasteiger partial charge in [0.05, 0.1) is 12.9 Å². The third kappa shape index (κ3) is 2.34. The van der Waals surface area contributed by atoms with Crippen molar-refractivity contribution in [2.24, 2.45) is 0 Å². The molecule has 94 valence electrons. The predicted octanol–water partition coefficient (Wildman–Crippen LogP) is -0.271. The molecule has 0 fully saturated rings. The topological polar surface area (TPSA) is 134 Å². The van der Waals surface area contributed by atoms with Crippen LogP contribution in [-0.4, -0.2) is 37.1 Å². The summed E-state index contributed by atoms with van der Waals surface area (Å²) < 4.78 is 4.79. The Morgan fingerprint density at radius 1 is 1.56 bits per heavy atom. The molecule has 1 amide bonds. The lowest BCUT2D eigenvalue weighted by Gasteiger charge is -1.99. The molecule has 0 aliphatic carbocycles. The Hall–Kier alpha value is -2.71. The van der Waals surface area contributed by atoms with Crippen LogP contribution in [0, 0.1) is 6.92 Å². The summed E-state index contributed by atoms with van der Waals surface area (Å²) in [4.78, 5) is 32.3. The van der Waals surface area contributed by atoms with Crippen molar-refractivity contribution >= 4 is 11.9 Å². The normalized spacial score (nSPS) is 10.3.